The molecule has 0 unspecified atom stereocenters. The van der Waals surface area contributed by atoms with Gasteiger partial charge in [0.1, 0.15) is 0 Å². The molecule has 0 saturated carbocycles. The maximum absolute atomic E-state index is 13.1. The third kappa shape index (κ3) is 4.73. The molecular weight excluding hydrogens is 368 g/mol. The fraction of sp³-hybridized carbons (Fsp3) is 0.632. The zero-order valence-corrected chi connectivity index (χ0v) is 17.5. The van der Waals surface area contributed by atoms with Crippen molar-refractivity contribution in [2.45, 2.75) is 44.4 Å². The number of sulfonamides is 1. The molecule has 0 atom stereocenters. The molecule has 1 aromatic rings. The number of carbonyl (C=O) groups excluding carboxylic acids is 1. The van der Waals surface area contributed by atoms with E-state index in [-0.39, 0.29) is 17.2 Å². The number of benzene rings is 1. The Hall–Kier alpha value is -1.80. The first-order chi connectivity index (χ1) is 12.9. The minimum absolute atomic E-state index is 0.0240. The van der Waals surface area contributed by atoms with Gasteiger partial charge in [0.2, 0.25) is 15.9 Å². The molecule has 1 amide bonds. The van der Waals surface area contributed by atoms with Crippen LogP contribution in [0.2, 0.25) is 0 Å². The Morgan fingerprint density at radius 3 is 2.11 bits per heavy atom. The molecule has 0 aromatic heterocycles. The Labute approximate surface area is 162 Å². The average molecular weight is 399 g/mol. The standard InChI is InChI=1S/C19H30N2O5S/c1-5-21(6-2)27(23,24)18-14-17(26-4)16(25-3)12-15(18)13-19(22)20-10-8-7-9-11-20/h12,14H,5-11,13H2,1-4H3. The van der Waals surface area contributed by atoms with Gasteiger partial charge in [-0.25, -0.2) is 8.42 Å². The van der Waals surface area contributed by atoms with Gasteiger partial charge < -0.3 is 14.4 Å². The van der Waals surface area contributed by atoms with E-state index in [1.807, 2.05) is 4.90 Å². The van der Waals surface area contributed by atoms with Gasteiger partial charge in [-0.2, -0.15) is 4.31 Å². The minimum atomic E-state index is -3.74. The summed E-state index contributed by atoms with van der Waals surface area (Å²) in [4.78, 5) is 14.7. The molecule has 27 heavy (non-hydrogen) atoms. The van der Waals surface area contributed by atoms with Crippen LogP contribution in [0, 0.1) is 0 Å². The van der Waals surface area contributed by atoms with Crippen molar-refractivity contribution in [1.82, 2.24) is 9.21 Å². The quantitative estimate of drug-likeness (QED) is 0.672. The summed E-state index contributed by atoms with van der Waals surface area (Å²) in [5.74, 6) is 0.688. The van der Waals surface area contributed by atoms with Crippen molar-refractivity contribution in [3.8, 4) is 11.5 Å². The van der Waals surface area contributed by atoms with E-state index in [2.05, 4.69) is 0 Å². The predicted octanol–water partition coefficient (Wildman–Crippen LogP) is 2.29. The predicted molar refractivity (Wildman–Crippen MR) is 104 cm³/mol. The van der Waals surface area contributed by atoms with Crippen LogP contribution in [-0.4, -0.2) is 63.9 Å². The van der Waals surface area contributed by atoms with Crippen LogP contribution < -0.4 is 9.47 Å². The largest absolute Gasteiger partial charge is 0.493 e. The van der Waals surface area contributed by atoms with Crippen molar-refractivity contribution in [2.24, 2.45) is 0 Å². The molecule has 2 rings (SSSR count). The summed E-state index contributed by atoms with van der Waals surface area (Å²) in [5.41, 5.74) is 0.440. The highest BCUT2D eigenvalue weighted by molar-refractivity contribution is 7.89. The highest BCUT2D eigenvalue weighted by Crippen LogP contribution is 2.34. The average Bonchev–Trinajstić information content (AvgIpc) is 2.68. The van der Waals surface area contributed by atoms with Gasteiger partial charge in [0.25, 0.3) is 0 Å². The number of likely N-dealkylation sites (tertiary alicyclic amines) is 1. The van der Waals surface area contributed by atoms with E-state index in [1.165, 1.54) is 24.6 Å². The van der Waals surface area contributed by atoms with Gasteiger partial charge in [-0.3, -0.25) is 4.79 Å². The number of methoxy groups -OCH3 is 2. The molecule has 1 aliphatic heterocycles. The van der Waals surface area contributed by atoms with Gasteiger partial charge >= 0.3 is 0 Å². The van der Waals surface area contributed by atoms with Crippen LogP contribution in [0.15, 0.2) is 17.0 Å². The number of ether oxygens (including phenoxy) is 2. The molecule has 1 fully saturated rings. The van der Waals surface area contributed by atoms with E-state index in [1.54, 1.807) is 19.9 Å². The molecule has 0 bridgehead atoms. The Morgan fingerprint density at radius 1 is 1.04 bits per heavy atom. The van der Waals surface area contributed by atoms with Crippen molar-refractivity contribution in [2.75, 3.05) is 40.4 Å². The molecule has 0 N–H and O–H groups in total. The molecule has 152 valence electrons. The Morgan fingerprint density at radius 2 is 1.59 bits per heavy atom. The fourth-order valence-electron chi connectivity index (χ4n) is 3.40. The number of nitrogens with zero attached hydrogens (tertiary/aromatic N) is 2. The number of amides is 1. The minimum Gasteiger partial charge on any atom is -0.493 e. The molecular formula is C19H30N2O5S. The van der Waals surface area contributed by atoms with Gasteiger partial charge in [0.15, 0.2) is 11.5 Å². The van der Waals surface area contributed by atoms with Crippen molar-refractivity contribution in [3.05, 3.63) is 17.7 Å². The van der Waals surface area contributed by atoms with Crippen molar-refractivity contribution in [1.29, 1.82) is 0 Å². The number of piperidine rings is 1. The normalized spacial score (nSPS) is 15.1. The van der Waals surface area contributed by atoms with Gasteiger partial charge in [-0.1, -0.05) is 13.8 Å². The van der Waals surface area contributed by atoms with Crippen LogP contribution in [0.1, 0.15) is 38.7 Å². The third-order valence-electron chi connectivity index (χ3n) is 4.94. The Kier molecular flexibility index (Phi) is 7.49. The zero-order chi connectivity index (χ0) is 20.0. The second kappa shape index (κ2) is 9.41. The molecule has 0 aliphatic carbocycles. The molecule has 1 aliphatic rings. The van der Waals surface area contributed by atoms with Crippen LogP contribution in [0.25, 0.3) is 0 Å². The number of rotatable bonds is 8. The highest BCUT2D eigenvalue weighted by atomic mass is 32.2. The summed E-state index contributed by atoms with van der Waals surface area (Å²) in [6.45, 7) is 5.74. The van der Waals surface area contributed by atoms with Crippen LogP contribution in [0.4, 0.5) is 0 Å². The molecule has 0 radical (unpaired) electrons. The van der Waals surface area contributed by atoms with E-state index in [4.69, 9.17) is 9.47 Å². The third-order valence-corrected chi connectivity index (χ3v) is 7.07. The SMILES string of the molecule is CCN(CC)S(=O)(=O)c1cc(OC)c(OC)cc1CC(=O)N1CCCCC1. The lowest BCUT2D eigenvalue weighted by Gasteiger charge is -2.27. The lowest BCUT2D eigenvalue weighted by molar-refractivity contribution is -0.131. The van der Waals surface area contributed by atoms with Crippen LogP contribution in [0.5, 0.6) is 11.5 Å². The summed E-state index contributed by atoms with van der Waals surface area (Å²) in [6.07, 6.45) is 3.13. The summed E-state index contributed by atoms with van der Waals surface area (Å²) in [6, 6.07) is 3.07. The van der Waals surface area contributed by atoms with E-state index in [9.17, 15) is 13.2 Å². The Balaban J connectivity index is 2.48. The number of carbonyl (C=O) groups is 1. The topological polar surface area (TPSA) is 76.1 Å². The lowest BCUT2D eigenvalue weighted by atomic mass is 10.1. The second-order valence-corrected chi connectivity index (χ2v) is 8.43. The summed E-state index contributed by atoms with van der Waals surface area (Å²) < 4.78 is 38.3. The molecule has 1 aromatic carbocycles. The van der Waals surface area contributed by atoms with Gasteiger partial charge in [-0.05, 0) is 30.9 Å². The van der Waals surface area contributed by atoms with Gasteiger partial charge in [-0.15, -0.1) is 0 Å². The van der Waals surface area contributed by atoms with Crippen LogP contribution in [0.3, 0.4) is 0 Å². The van der Waals surface area contributed by atoms with E-state index < -0.39 is 10.0 Å². The molecule has 8 heteroatoms. The smallest absolute Gasteiger partial charge is 0.243 e. The van der Waals surface area contributed by atoms with E-state index in [0.29, 0.717) is 30.2 Å². The van der Waals surface area contributed by atoms with E-state index in [0.717, 1.165) is 32.4 Å². The van der Waals surface area contributed by atoms with Crippen LogP contribution in [-0.2, 0) is 21.2 Å². The number of hydrogen-bond donors (Lipinski definition) is 0. The van der Waals surface area contributed by atoms with Gasteiger partial charge in [0.05, 0.1) is 25.5 Å². The Bertz CT molecular complexity index is 754. The fourth-order valence-corrected chi connectivity index (χ4v) is 5.08. The first-order valence-corrected chi connectivity index (χ1v) is 10.9. The van der Waals surface area contributed by atoms with Crippen molar-refractivity contribution >= 4 is 15.9 Å². The maximum Gasteiger partial charge on any atom is 0.243 e. The lowest BCUT2D eigenvalue weighted by Crippen LogP contribution is -2.37. The van der Waals surface area contributed by atoms with Crippen molar-refractivity contribution in [3.63, 3.8) is 0 Å². The molecule has 7 nitrogen and oxygen atoms in total. The molecule has 0 spiro atoms. The van der Waals surface area contributed by atoms with Gasteiger partial charge in [0, 0.05) is 32.2 Å². The first-order valence-electron chi connectivity index (χ1n) is 9.41. The first kappa shape index (κ1) is 21.5. The second-order valence-electron chi connectivity index (χ2n) is 6.52. The molecule has 1 saturated heterocycles. The summed E-state index contributed by atoms with van der Waals surface area (Å²) >= 11 is 0. The van der Waals surface area contributed by atoms with E-state index >= 15 is 0 Å². The summed E-state index contributed by atoms with van der Waals surface area (Å²) in [7, 11) is -0.784. The molecule has 1 heterocycles. The number of hydrogen-bond acceptors (Lipinski definition) is 5. The summed E-state index contributed by atoms with van der Waals surface area (Å²) in [5, 5.41) is 0. The zero-order valence-electron chi connectivity index (χ0n) is 16.7. The van der Waals surface area contributed by atoms with Crippen molar-refractivity contribution < 1.29 is 22.7 Å². The van der Waals surface area contributed by atoms with Crippen LogP contribution >= 0.6 is 0 Å². The highest BCUT2D eigenvalue weighted by Gasteiger charge is 2.29. The maximum atomic E-state index is 13.1. The monoisotopic (exact) mass is 398 g/mol.